The lowest BCUT2D eigenvalue weighted by Crippen LogP contribution is -2.36. The molecule has 2 N–H and O–H groups in total. The molecule has 0 aliphatic carbocycles. The first-order valence-electron chi connectivity index (χ1n) is 8.36. The Morgan fingerprint density at radius 3 is 2.11 bits per heavy atom. The van der Waals surface area contributed by atoms with E-state index in [4.69, 9.17) is 4.74 Å². The van der Waals surface area contributed by atoms with Crippen LogP contribution in [0.4, 0.5) is 16.2 Å². The number of hydrogen-bond acceptors (Lipinski definition) is 5. The van der Waals surface area contributed by atoms with Gasteiger partial charge >= 0.3 is 16.4 Å². The van der Waals surface area contributed by atoms with Crippen LogP contribution in [0, 0.1) is 6.92 Å². The van der Waals surface area contributed by atoms with Crippen molar-refractivity contribution in [3.05, 3.63) is 59.7 Å². The summed E-state index contributed by atoms with van der Waals surface area (Å²) in [5.41, 5.74) is 0.272. The lowest BCUT2D eigenvalue weighted by Gasteiger charge is -2.21. The number of ether oxygens (including phenoxy) is 1. The summed E-state index contributed by atoms with van der Waals surface area (Å²) in [4.78, 5) is 24.5. The van der Waals surface area contributed by atoms with Crippen molar-refractivity contribution in [1.82, 2.24) is 0 Å². The van der Waals surface area contributed by atoms with E-state index in [2.05, 4.69) is 5.32 Å². The van der Waals surface area contributed by atoms with Crippen LogP contribution < -0.4 is 9.62 Å². The Balaban J connectivity index is 2.30. The second-order valence-electron chi connectivity index (χ2n) is 7.04. The zero-order valence-electron chi connectivity index (χ0n) is 16.0. The summed E-state index contributed by atoms with van der Waals surface area (Å²) in [6.45, 7) is 6.81. The van der Waals surface area contributed by atoms with Crippen molar-refractivity contribution in [2.45, 2.75) is 33.3 Å². The highest BCUT2D eigenvalue weighted by Crippen LogP contribution is 2.24. The fourth-order valence-corrected chi connectivity index (χ4v) is 3.08. The number of carbonyl (C=O) groups is 2. The highest BCUT2D eigenvalue weighted by atomic mass is 32.2. The van der Waals surface area contributed by atoms with Gasteiger partial charge in [0.1, 0.15) is 5.60 Å². The molecule has 9 heteroatoms. The van der Waals surface area contributed by atoms with E-state index in [1.807, 2.05) is 0 Å². The van der Waals surface area contributed by atoms with Gasteiger partial charge in [0.05, 0.1) is 5.69 Å². The first-order chi connectivity index (χ1) is 12.9. The van der Waals surface area contributed by atoms with Crippen LogP contribution in [-0.4, -0.2) is 30.6 Å². The quantitative estimate of drug-likeness (QED) is 0.747. The third kappa shape index (κ3) is 5.54. The zero-order chi connectivity index (χ0) is 21.1. The van der Waals surface area contributed by atoms with Crippen LogP contribution in [0.5, 0.6) is 0 Å². The zero-order valence-corrected chi connectivity index (χ0v) is 16.8. The minimum Gasteiger partial charge on any atom is -0.444 e. The molecule has 0 aromatic heterocycles. The van der Waals surface area contributed by atoms with E-state index in [0.717, 1.165) is 0 Å². The van der Waals surface area contributed by atoms with Crippen LogP contribution in [0.25, 0.3) is 0 Å². The molecule has 0 saturated heterocycles. The van der Waals surface area contributed by atoms with E-state index in [0.29, 0.717) is 15.6 Å². The van der Waals surface area contributed by atoms with Gasteiger partial charge in [-0.2, -0.15) is 12.7 Å². The first kappa shape index (κ1) is 21.4. The number of amides is 2. The van der Waals surface area contributed by atoms with Crippen LogP contribution in [-0.2, 0) is 15.0 Å². The Bertz CT molecular complexity index is 978. The van der Waals surface area contributed by atoms with E-state index >= 15 is 0 Å². The predicted molar refractivity (Wildman–Crippen MR) is 106 cm³/mol. The number of benzene rings is 2. The van der Waals surface area contributed by atoms with Crippen molar-refractivity contribution in [2.24, 2.45) is 0 Å². The number of hydrogen-bond donors (Lipinski definition) is 2. The van der Waals surface area contributed by atoms with E-state index < -0.39 is 27.9 Å². The van der Waals surface area contributed by atoms with Gasteiger partial charge in [0.2, 0.25) is 0 Å². The summed E-state index contributed by atoms with van der Waals surface area (Å²) >= 11 is 0. The maximum Gasteiger partial charge on any atom is 0.412 e. The van der Waals surface area contributed by atoms with E-state index in [-0.39, 0.29) is 11.3 Å². The Morgan fingerprint density at radius 2 is 1.61 bits per heavy atom. The molecule has 2 aromatic rings. The van der Waals surface area contributed by atoms with Gasteiger partial charge in [-0.05, 0) is 63.6 Å². The molecular weight excluding hydrogens is 384 g/mol. The van der Waals surface area contributed by atoms with Gasteiger partial charge in [-0.3, -0.25) is 14.7 Å². The Morgan fingerprint density at radius 1 is 1.04 bits per heavy atom. The van der Waals surface area contributed by atoms with Crippen LogP contribution in [0.2, 0.25) is 0 Å². The molecule has 0 radical (unpaired) electrons. The SMILES string of the molecule is Cc1ccccc1C(=O)N(c1ccc(NC(=O)OC(C)(C)C)cc1)S(=O)(=O)O. The molecule has 0 atom stereocenters. The summed E-state index contributed by atoms with van der Waals surface area (Å²) in [5.74, 6) is -0.895. The minimum absolute atomic E-state index is 0.0782. The molecule has 2 amide bonds. The number of anilines is 2. The third-order valence-corrected chi connectivity index (χ3v) is 4.38. The van der Waals surface area contributed by atoms with E-state index in [1.165, 1.54) is 30.3 Å². The molecule has 28 heavy (non-hydrogen) atoms. The Kier molecular flexibility index (Phi) is 6.10. The van der Waals surface area contributed by atoms with Crippen molar-refractivity contribution >= 4 is 33.7 Å². The average Bonchev–Trinajstić information content (AvgIpc) is 2.54. The monoisotopic (exact) mass is 406 g/mol. The molecule has 2 aromatic carbocycles. The van der Waals surface area contributed by atoms with Crippen molar-refractivity contribution in [3.8, 4) is 0 Å². The first-order valence-corrected chi connectivity index (χ1v) is 9.76. The molecule has 8 nitrogen and oxygen atoms in total. The normalized spacial score (nSPS) is 11.6. The van der Waals surface area contributed by atoms with Crippen LogP contribution >= 0.6 is 0 Å². The van der Waals surface area contributed by atoms with Gasteiger partial charge in [-0.25, -0.2) is 4.79 Å². The number of nitrogens with zero attached hydrogens (tertiary/aromatic N) is 1. The van der Waals surface area contributed by atoms with Crippen LogP contribution in [0.1, 0.15) is 36.7 Å². The second-order valence-corrected chi connectivity index (χ2v) is 8.30. The number of aryl methyl sites for hydroxylation is 1. The average molecular weight is 406 g/mol. The molecular formula is C19H22N2O6S. The molecule has 0 aliphatic rings. The largest absolute Gasteiger partial charge is 0.444 e. The fourth-order valence-electron chi connectivity index (χ4n) is 2.38. The van der Waals surface area contributed by atoms with Crippen LogP contribution in [0.3, 0.4) is 0 Å². The molecule has 0 saturated carbocycles. The smallest absolute Gasteiger partial charge is 0.412 e. The van der Waals surface area contributed by atoms with Crippen molar-refractivity contribution in [1.29, 1.82) is 0 Å². The topological polar surface area (TPSA) is 113 Å². The molecule has 0 heterocycles. The van der Waals surface area contributed by atoms with Crippen LogP contribution in [0.15, 0.2) is 48.5 Å². The summed E-state index contributed by atoms with van der Waals surface area (Å²) in [7, 11) is -4.87. The standard InChI is InChI=1S/C19H22N2O6S/c1-13-7-5-6-8-16(13)17(22)21(28(24,25)26)15-11-9-14(10-12-15)20-18(23)27-19(2,3)4/h5-12H,1-4H3,(H,20,23)(H,24,25,26). The van der Waals surface area contributed by atoms with Crippen molar-refractivity contribution < 1.29 is 27.3 Å². The summed E-state index contributed by atoms with van der Waals surface area (Å²) < 4.78 is 38.7. The third-order valence-electron chi connectivity index (χ3n) is 3.54. The molecule has 2 rings (SSSR count). The van der Waals surface area contributed by atoms with Gasteiger partial charge in [-0.1, -0.05) is 18.2 Å². The molecule has 0 unspecified atom stereocenters. The summed E-state index contributed by atoms with van der Waals surface area (Å²) in [6.07, 6.45) is -0.678. The molecule has 0 spiro atoms. The second kappa shape index (κ2) is 7.99. The maximum atomic E-state index is 12.7. The molecule has 0 aliphatic heterocycles. The summed E-state index contributed by atoms with van der Waals surface area (Å²) in [6, 6.07) is 11.8. The number of carbonyl (C=O) groups excluding carboxylic acids is 2. The van der Waals surface area contributed by atoms with Gasteiger partial charge in [0.15, 0.2) is 0 Å². The lowest BCUT2D eigenvalue weighted by molar-refractivity contribution is 0.0635. The van der Waals surface area contributed by atoms with Crippen molar-refractivity contribution in [2.75, 3.05) is 9.62 Å². The highest BCUT2D eigenvalue weighted by molar-refractivity contribution is 7.88. The van der Waals surface area contributed by atoms with E-state index in [1.54, 1.807) is 45.9 Å². The Hall–Kier alpha value is -2.91. The highest BCUT2D eigenvalue weighted by Gasteiger charge is 2.29. The van der Waals surface area contributed by atoms with Gasteiger partial charge < -0.3 is 4.74 Å². The maximum absolute atomic E-state index is 12.7. The molecule has 0 fully saturated rings. The van der Waals surface area contributed by atoms with Gasteiger partial charge in [0, 0.05) is 11.3 Å². The summed E-state index contributed by atoms with van der Waals surface area (Å²) in [5, 5.41) is 2.50. The molecule has 0 bridgehead atoms. The minimum atomic E-state index is -4.87. The van der Waals surface area contributed by atoms with Gasteiger partial charge in [0.25, 0.3) is 5.91 Å². The number of rotatable bonds is 4. The predicted octanol–water partition coefficient (Wildman–Crippen LogP) is 3.79. The van der Waals surface area contributed by atoms with Crippen molar-refractivity contribution in [3.63, 3.8) is 0 Å². The lowest BCUT2D eigenvalue weighted by atomic mass is 10.1. The fraction of sp³-hybridized carbons (Fsp3) is 0.263. The van der Waals surface area contributed by atoms with E-state index in [9.17, 15) is 22.6 Å². The Labute approximate surface area is 164 Å². The number of nitrogens with one attached hydrogen (secondary N) is 1. The molecule has 150 valence electrons. The van der Waals surface area contributed by atoms with Gasteiger partial charge in [-0.15, -0.1) is 0 Å².